The largest absolute Gasteiger partial charge is 0.318 e. The van der Waals surface area contributed by atoms with Gasteiger partial charge in [-0.25, -0.2) is 4.39 Å². The predicted molar refractivity (Wildman–Crippen MR) is 80.3 cm³/mol. The third-order valence-electron chi connectivity index (χ3n) is 3.08. The Kier molecular flexibility index (Phi) is 4.43. The molecule has 1 heterocycles. The van der Waals surface area contributed by atoms with E-state index in [4.69, 9.17) is 34.8 Å². The maximum atomic E-state index is 13.5. The van der Waals surface area contributed by atoms with Crippen LogP contribution in [0.25, 0.3) is 5.69 Å². The number of Topliss-reactive ketones (excluding diaryl/α,β-unsaturated/α-hetero) is 1. The van der Waals surface area contributed by atoms with Crippen molar-refractivity contribution < 1.29 is 9.18 Å². The zero-order valence-electron chi connectivity index (χ0n) is 10.8. The van der Waals surface area contributed by atoms with Crippen LogP contribution in [-0.2, 0) is 0 Å². The number of hydrogen-bond donors (Lipinski definition) is 0. The Bertz CT molecular complexity index is 671. The van der Waals surface area contributed by atoms with Crippen molar-refractivity contribution in [2.24, 2.45) is 0 Å². The monoisotopic (exact) mass is 333 g/mol. The number of ketones is 1. The molecule has 6 heteroatoms. The van der Waals surface area contributed by atoms with Gasteiger partial charge in [0.05, 0.1) is 15.9 Å². The molecule has 2 nitrogen and oxygen atoms in total. The molecule has 0 saturated carbocycles. The van der Waals surface area contributed by atoms with Crippen molar-refractivity contribution in [2.75, 3.05) is 5.88 Å². The Hall–Kier alpha value is -1.03. The van der Waals surface area contributed by atoms with Gasteiger partial charge in [0.25, 0.3) is 0 Å². The van der Waals surface area contributed by atoms with Crippen LogP contribution in [0.5, 0.6) is 0 Å². The molecule has 0 N–H and O–H groups in total. The first-order valence-corrected chi connectivity index (χ1v) is 7.09. The van der Waals surface area contributed by atoms with Crippen molar-refractivity contribution in [1.82, 2.24) is 4.57 Å². The van der Waals surface area contributed by atoms with Gasteiger partial charge < -0.3 is 4.57 Å². The second-order valence-corrected chi connectivity index (χ2v) is 5.48. The van der Waals surface area contributed by atoms with Crippen molar-refractivity contribution in [2.45, 2.75) is 13.8 Å². The number of benzene rings is 1. The Morgan fingerprint density at radius 3 is 2.25 bits per heavy atom. The summed E-state index contributed by atoms with van der Waals surface area (Å²) >= 11 is 17.2. The lowest BCUT2D eigenvalue weighted by Gasteiger charge is -2.11. The quantitative estimate of drug-likeness (QED) is 0.442. The van der Waals surface area contributed by atoms with Gasteiger partial charge >= 0.3 is 0 Å². The van der Waals surface area contributed by atoms with Gasteiger partial charge in [-0.05, 0) is 32.0 Å². The number of aromatic nitrogens is 1. The van der Waals surface area contributed by atoms with Crippen LogP contribution in [0.15, 0.2) is 18.2 Å². The highest BCUT2D eigenvalue weighted by Gasteiger charge is 2.17. The number of rotatable bonds is 3. The SMILES string of the molecule is Cc1cc(C(=O)CCl)c(C)n1-c1cc(Cl)c(F)c(Cl)c1. The van der Waals surface area contributed by atoms with Crippen molar-refractivity contribution in [1.29, 1.82) is 0 Å². The number of halogens is 4. The summed E-state index contributed by atoms with van der Waals surface area (Å²) in [6, 6.07) is 4.68. The number of aryl methyl sites for hydroxylation is 1. The fourth-order valence-corrected chi connectivity index (χ4v) is 2.81. The summed E-state index contributed by atoms with van der Waals surface area (Å²) in [6.45, 7) is 3.63. The summed E-state index contributed by atoms with van der Waals surface area (Å²) in [6.07, 6.45) is 0. The van der Waals surface area contributed by atoms with Crippen LogP contribution in [0.3, 0.4) is 0 Å². The normalized spacial score (nSPS) is 10.9. The molecule has 1 aromatic carbocycles. The third-order valence-corrected chi connectivity index (χ3v) is 3.87. The van der Waals surface area contributed by atoms with E-state index < -0.39 is 5.82 Å². The number of carbonyl (C=O) groups is 1. The van der Waals surface area contributed by atoms with Crippen molar-refractivity contribution in [3.63, 3.8) is 0 Å². The van der Waals surface area contributed by atoms with Crippen LogP contribution in [0.1, 0.15) is 21.7 Å². The van der Waals surface area contributed by atoms with Gasteiger partial charge in [-0.3, -0.25) is 4.79 Å². The van der Waals surface area contributed by atoms with Crippen LogP contribution >= 0.6 is 34.8 Å². The standard InChI is InChI=1S/C14H11Cl3FNO/c1-7-3-10(13(20)6-15)8(2)19(7)9-4-11(16)14(18)12(17)5-9/h3-5H,6H2,1-2H3. The van der Waals surface area contributed by atoms with E-state index in [0.29, 0.717) is 16.9 Å². The van der Waals surface area contributed by atoms with Crippen LogP contribution in [0.2, 0.25) is 10.0 Å². The lowest BCUT2D eigenvalue weighted by Crippen LogP contribution is -2.04. The van der Waals surface area contributed by atoms with E-state index in [9.17, 15) is 9.18 Å². The Balaban J connectivity index is 2.65. The minimum Gasteiger partial charge on any atom is -0.318 e. The van der Waals surface area contributed by atoms with Gasteiger partial charge in [-0.15, -0.1) is 11.6 Å². The lowest BCUT2D eigenvalue weighted by molar-refractivity contribution is 0.102. The maximum Gasteiger partial charge on any atom is 0.179 e. The zero-order valence-corrected chi connectivity index (χ0v) is 13.1. The molecule has 20 heavy (non-hydrogen) atoms. The summed E-state index contributed by atoms with van der Waals surface area (Å²) in [4.78, 5) is 11.8. The molecule has 0 aliphatic rings. The molecule has 0 bridgehead atoms. The highest BCUT2D eigenvalue weighted by atomic mass is 35.5. The molecule has 1 aromatic heterocycles. The summed E-state index contributed by atoms with van der Waals surface area (Å²) in [5.41, 5.74) is 2.67. The minimum absolute atomic E-state index is 0.0646. The van der Waals surface area contributed by atoms with E-state index in [1.54, 1.807) is 17.6 Å². The number of alkyl halides is 1. The van der Waals surface area contributed by atoms with Gasteiger partial charge in [-0.2, -0.15) is 0 Å². The first-order valence-electron chi connectivity index (χ1n) is 5.79. The van der Waals surface area contributed by atoms with Crippen molar-refractivity contribution in [3.8, 4) is 5.69 Å². The van der Waals surface area contributed by atoms with Gasteiger partial charge in [0, 0.05) is 22.6 Å². The smallest absolute Gasteiger partial charge is 0.179 e. The number of hydrogen-bond acceptors (Lipinski definition) is 1. The van der Waals surface area contributed by atoms with E-state index in [-0.39, 0.29) is 21.7 Å². The van der Waals surface area contributed by atoms with E-state index in [2.05, 4.69) is 0 Å². The van der Waals surface area contributed by atoms with E-state index in [0.717, 1.165) is 5.69 Å². The average Bonchev–Trinajstić information content (AvgIpc) is 2.70. The average molecular weight is 335 g/mol. The molecule has 0 radical (unpaired) electrons. The molecular weight excluding hydrogens is 324 g/mol. The fourth-order valence-electron chi connectivity index (χ4n) is 2.19. The van der Waals surface area contributed by atoms with Crippen LogP contribution in [-0.4, -0.2) is 16.2 Å². The molecule has 106 valence electrons. The topological polar surface area (TPSA) is 22.0 Å². The van der Waals surface area contributed by atoms with Crippen molar-refractivity contribution in [3.05, 3.63) is 51.0 Å². The number of carbonyl (C=O) groups excluding carboxylic acids is 1. The first-order chi connectivity index (χ1) is 9.36. The zero-order chi connectivity index (χ0) is 15.0. The summed E-state index contributed by atoms with van der Waals surface area (Å²) in [7, 11) is 0. The van der Waals surface area contributed by atoms with E-state index >= 15 is 0 Å². The van der Waals surface area contributed by atoms with Gasteiger partial charge in [0.15, 0.2) is 11.6 Å². The molecule has 0 aliphatic carbocycles. The molecule has 0 amide bonds. The number of nitrogens with zero attached hydrogens (tertiary/aromatic N) is 1. The summed E-state index contributed by atoms with van der Waals surface area (Å²) in [5.74, 6) is -0.906. The van der Waals surface area contributed by atoms with Crippen LogP contribution in [0, 0.1) is 19.7 Å². The lowest BCUT2D eigenvalue weighted by atomic mass is 10.2. The van der Waals surface area contributed by atoms with E-state index in [1.165, 1.54) is 12.1 Å². The molecule has 0 aliphatic heterocycles. The first kappa shape index (κ1) is 15.4. The van der Waals surface area contributed by atoms with E-state index in [1.807, 2.05) is 6.92 Å². The predicted octanol–water partition coefficient (Wildman–Crippen LogP) is 4.96. The highest BCUT2D eigenvalue weighted by Crippen LogP contribution is 2.29. The molecule has 0 spiro atoms. The summed E-state index contributed by atoms with van der Waals surface area (Å²) in [5, 5.41) is -0.129. The minimum atomic E-state index is -0.656. The van der Waals surface area contributed by atoms with Crippen molar-refractivity contribution >= 4 is 40.6 Å². The van der Waals surface area contributed by atoms with Crippen LogP contribution in [0.4, 0.5) is 4.39 Å². The highest BCUT2D eigenvalue weighted by molar-refractivity contribution is 6.35. The molecule has 0 unspecified atom stereocenters. The summed E-state index contributed by atoms with van der Waals surface area (Å²) < 4.78 is 15.3. The van der Waals surface area contributed by atoms with Crippen LogP contribution < -0.4 is 0 Å². The molecule has 2 rings (SSSR count). The second-order valence-electron chi connectivity index (χ2n) is 4.40. The molecule has 0 fully saturated rings. The van der Waals surface area contributed by atoms with Gasteiger partial charge in [0.1, 0.15) is 0 Å². The molecule has 2 aromatic rings. The Labute approximate surface area is 131 Å². The second kappa shape index (κ2) is 5.76. The maximum absolute atomic E-state index is 13.5. The Morgan fingerprint density at radius 2 is 1.75 bits per heavy atom. The molecule has 0 atom stereocenters. The van der Waals surface area contributed by atoms with Gasteiger partial charge in [0.2, 0.25) is 0 Å². The van der Waals surface area contributed by atoms with Gasteiger partial charge in [-0.1, -0.05) is 23.2 Å². The molecule has 0 saturated heterocycles. The molecular formula is C14H11Cl3FNO. The Morgan fingerprint density at radius 1 is 1.20 bits per heavy atom. The third kappa shape index (κ3) is 2.58. The fraction of sp³-hybridized carbons (Fsp3) is 0.214.